The van der Waals surface area contributed by atoms with Crippen LogP contribution >= 0.6 is 0 Å². The molecule has 0 heterocycles. The fourth-order valence-electron chi connectivity index (χ4n) is 1.67. The monoisotopic (exact) mass is 333 g/mol. The molecule has 0 aliphatic rings. The normalized spacial score (nSPS) is 12.3. The van der Waals surface area contributed by atoms with E-state index in [2.05, 4.69) is 10.1 Å². The van der Waals surface area contributed by atoms with Crippen LogP contribution in [0, 0.1) is 0 Å². The molecule has 0 saturated carbocycles. The number of methoxy groups -OCH3 is 1. The van der Waals surface area contributed by atoms with Gasteiger partial charge in [-0.05, 0) is 30.7 Å². The average Bonchev–Trinajstić information content (AvgIpc) is 2.49. The fourth-order valence-corrected chi connectivity index (χ4v) is 1.67. The summed E-state index contributed by atoms with van der Waals surface area (Å²) in [7, 11) is 1.14. The maximum absolute atomic E-state index is 12.4. The molecule has 0 unspecified atom stereocenters. The summed E-state index contributed by atoms with van der Waals surface area (Å²) < 4.78 is 41.6. The van der Waals surface area contributed by atoms with Gasteiger partial charge >= 0.3 is 18.1 Å². The van der Waals surface area contributed by atoms with Gasteiger partial charge in [0.25, 0.3) is 5.91 Å². The predicted molar refractivity (Wildman–Crippen MR) is 71.6 cm³/mol. The molecule has 0 fully saturated rings. The third-order valence-electron chi connectivity index (χ3n) is 2.94. The number of benzene rings is 1. The maximum Gasteiger partial charge on any atom is 0.416 e. The molecule has 1 amide bonds. The summed E-state index contributed by atoms with van der Waals surface area (Å²) in [6.45, 7) is 0. The van der Waals surface area contributed by atoms with Crippen molar-refractivity contribution in [3.63, 3.8) is 0 Å². The Morgan fingerprint density at radius 1 is 1.22 bits per heavy atom. The topological polar surface area (TPSA) is 92.7 Å². The highest BCUT2D eigenvalue weighted by Crippen LogP contribution is 2.29. The van der Waals surface area contributed by atoms with E-state index in [0.717, 1.165) is 31.4 Å². The number of nitrogens with one attached hydrogen (secondary N) is 1. The van der Waals surface area contributed by atoms with Gasteiger partial charge < -0.3 is 15.2 Å². The Labute approximate surface area is 129 Å². The standard InChI is InChI=1S/C14H14F3NO5/c1-23-11(19)7-6-10(13(21)22)18-12(20)8-2-4-9(5-3-8)14(15,16)17/h2-5,10H,6-7H2,1H3,(H,18,20)(H,21,22)/t10-/m1/s1. The van der Waals surface area contributed by atoms with Crippen molar-refractivity contribution in [1.82, 2.24) is 5.32 Å². The molecule has 126 valence electrons. The number of amides is 1. The molecule has 0 bridgehead atoms. The lowest BCUT2D eigenvalue weighted by Gasteiger charge is -2.14. The quantitative estimate of drug-likeness (QED) is 0.775. The summed E-state index contributed by atoms with van der Waals surface area (Å²) >= 11 is 0. The summed E-state index contributed by atoms with van der Waals surface area (Å²) in [5.74, 6) is -2.86. The van der Waals surface area contributed by atoms with Crippen molar-refractivity contribution in [2.75, 3.05) is 7.11 Å². The van der Waals surface area contributed by atoms with Gasteiger partial charge in [0.15, 0.2) is 0 Å². The Morgan fingerprint density at radius 2 is 1.78 bits per heavy atom. The number of esters is 1. The summed E-state index contributed by atoms with van der Waals surface area (Å²) in [4.78, 5) is 33.9. The lowest BCUT2D eigenvalue weighted by molar-refractivity contribution is -0.142. The first kappa shape index (κ1) is 18.5. The molecule has 0 spiro atoms. The second-order valence-electron chi connectivity index (χ2n) is 4.55. The van der Waals surface area contributed by atoms with E-state index in [0.29, 0.717) is 0 Å². The second-order valence-corrected chi connectivity index (χ2v) is 4.55. The van der Waals surface area contributed by atoms with Crippen LogP contribution in [0.25, 0.3) is 0 Å². The van der Waals surface area contributed by atoms with Crippen LogP contribution in [-0.2, 0) is 20.5 Å². The zero-order chi connectivity index (χ0) is 17.6. The number of hydrogen-bond donors (Lipinski definition) is 2. The molecule has 6 nitrogen and oxygen atoms in total. The zero-order valence-corrected chi connectivity index (χ0v) is 12.0. The van der Waals surface area contributed by atoms with Gasteiger partial charge in [0.2, 0.25) is 0 Å². The van der Waals surface area contributed by atoms with Crippen molar-refractivity contribution in [2.24, 2.45) is 0 Å². The highest BCUT2D eigenvalue weighted by Gasteiger charge is 2.30. The largest absolute Gasteiger partial charge is 0.480 e. The molecule has 0 aromatic heterocycles. The minimum atomic E-state index is -4.53. The van der Waals surface area contributed by atoms with Crippen LogP contribution in [0.5, 0.6) is 0 Å². The van der Waals surface area contributed by atoms with Gasteiger partial charge in [0, 0.05) is 12.0 Å². The summed E-state index contributed by atoms with van der Waals surface area (Å²) in [5, 5.41) is 11.1. The van der Waals surface area contributed by atoms with E-state index in [1.807, 2.05) is 0 Å². The number of halogens is 3. The van der Waals surface area contributed by atoms with Crippen molar-refractivity contribution in [3.05, 3.63) is 35.4 Å². The lowest BCUT2D eigenvalue weighted by Crippen LogP contribution is -2.41. The third kappa shape index (κ3) is 5.61. The van der Waals surface area contributed by atoms with Crippen LogP contribution < -0.4 is 5.32 Å². The minimum absolute atomic E-state index is 0.123. The van der Waals surface area contributed by atoms with Gasteiger partial charge in [0.1, 0.15) is 6.04 Å². The van der Waals surface area contributed by atoms with Crippen molar-refractivity contribution in [2.45, 2.75) is 25.1 Å². The molecule has 1 atom stereocenters. The van der Waals surface area contributed by atoms with Crippen LogP contribution in [0.1, 0.15) is 28.8 Å². The van der Waals surface area contributed by atoms with Crippen LogP contribution in [0.2, 0.25) is 0 Å². The Morgan fingerprint density at radius 3 is 2.22 bits per heavy atom. The second kappa shape index (κ2) is 7.61. The first-order chi connectivity index (χ1) is 10.6. The van der Waals surface area contributed by atoms with Crippen LogP contribution in [0.4, 0.5) is 13.2 Å². The van der Waals surface area contributed by atoms with E-state index >= 15 is 0 Å². The average molecular weight is 333 g/mol. The van der Waals surface area contributed by atoms with Crippen molar-refractivity contribution >= 4 is 17.8 Å². The SMILES string of the molecule is COC(=O)CC[C@@H](NC(=O)c1ccc(C(F)(F)F)cc1)C(=O)O. The Kier molecular flexibility index (Phi) is 6.11. The fraction of sp³-hybridized carbons (Fsp3) is 0.357. The van der Waals surface area contributed by atoms with Crippen LogP contribution in [0.15, 0.2) is 24.3 Å². The van der Waals surface area contributed by atoms with Crippen molar-refractivity contribution in [3.8, 4) is 0 Å². The summed E-state index contributed by atoms with van der Waals surface area (Å²) in [5.41, 5.74) is -1.04. The molecule has 9 heteroatoms. The van der Waals surface area contributed by atoms with Gasteiger partial charge in [-0.3, -0.25) is 9.59 Å². The van der Waals surface area contributed by atoms with Gasteiger partial charge in [-0.25, -0.2) is 4.79 Å². The van der Waals surface area contributed by atoms with Gasteiger partial charge in [0.05, 0.1) is 12.7 Å². The molecule has 1 rings (SSSR count). The molecule has 0 saturated heterocycles. The smallest absolute Gasteiger partial charge is 0.416 e. The molecule has 1 aromatic rings. The third-order valence-corrected chi connectivity index (χ3v) is 2.94. The summed E-state index contributed by atoms with van der Waals surface area (Å²) in [6.07, 6.45) is -4.95. The number of aliphatic carboxylic acids is 1. The van der Waals surface area contributed by atoms with E-state index in [4.69, 9.17) is 5.11 Å². The number of ether oxygens (including phenoxy) is 1. The number of rotatable bonds is 6. The van der Waals surface area contributed by atoms with Crippen molar-refractivity contribution in [1.29, 1.82) is 0 Å². The van der Waals surface area contributed by atoms with Gasteiger partial charge in [-0.15, -0.1) is 0 Å². The Bertz CT molecular complexity index is 583. The lowest BCUT2D eigenvalue weighted by atomic mass is 10.1. The summed E-state index contributed by atoms with van der Waals surface area (Å²) in [6, 6.07) is 1.97. The van der Waals surface area contributed by atoms with E-state index < -0.39 is 35.6 Å². The number of carbonyl (C=O) groups is 3. The Balaban J connectivity index is 2.75. The van der Waals surface area contributed by atoms with Crippen LogP contribution in [0.3, 0.4) is 0 Å². The first-order valence-electron chi connectivity index (χ1n) is 6.43. The highest BCUT2D eigenvalue weighted by atomic mass is 19.4. The molecular weight excluding hydrogens is 319 g/mol. The van der Waals surface area contributed by atoms with Crippen LogP contribution in [-0.4, -0.2) is 36.1 Å². The van der Waals surface area contributed by atoms with Gasteiger partial charge in [-0.2, -0.15) is 13.2 Å². The number of hydrogen-bond acceptors (Lipinski definition) is 4. The molecule has 0 aliphatic carbocycles. The van der Waals surface area contributed by atoms with E-state index in [1.54, 1.807) is 0 Å². The van der Waals surface area contributed by atoms with E-state index in [-0.39, 0.29) is 18.4 Å². The first-order valence-corrected chi connectivity index (χ1v) is 6.43. The molecule has 0 aliphatic heterocycles. The maximum atomic E-state index is 12.4. The minimum Gasteiger partial charge on any atom is -0.480 e. The molecule has 23 heavy (non-hydrogen) atoms. The zero-order valence-electron chi connectivity index (χ0n) is 12.0. The molecule has 2 N–H and O–H groups in total. The molecule has 1 aromatic carbocycles. The number of alkyl halides is 3. The molecular formula is C14H14F3NO5. The predicted octanol–water partition coefficient (Wildman–Crippen LogP) is 1.84. The number of carboxylic acids is 1. The van der Waals surface area contributed by atoms with E-state index in [1.165, 1.54) is 0 Å². The highest BCUT2D eigenvalue weighted by molar-refractivity contribution is 5.96. The van der Waals surface area contributed by atoms with Crippen molar-refractivity contribution < 1.29 is 37.4 Å². The van der Waals surface area contributed by atoms with Gasteiger partial charge in [-0.1, -0.05) is 0 Å². The van der Waals surface area contributed by atoms with E-state index in [9.17, 15) is 27.6 Å². The number of carboxylic acid groups (broad SMARTS) is 1. The number of carbonyl (C=O) groups excluding carboxylic acids is 2. The Hall–Kier alpha value is -2.58. The molecule has 0 radical (unpaired) electrons.